The zero-order valence-electron chi connectivity index (χ0n) is 6.44. The first-order valence-electron chi connectivity index (χ1n) is 3.32. The van der Waals surface area contributed by atoms with Crippen LogP contribution in [0.4, 0.5) is 0 Å². The van der Waals surface area contributed by atoms with Crippen LogP contribution in [0.15, 0.2) is 0 Å². The molecule has 0 bridgehead atoms. The van der Waals surface area contributed by atoms with Crippen LogP contribution in [0.5, 0.6) is 0 Å². The molecule has 0 aromatic heterocycles. The molecule has 0 saturated carbocycles. The Labute approximate surface area is 58.8 Å². The van der Waals surface area contributed by atoms with Gasteiger partial charge >= 0.3 is 0 Å². The van der Waals surface area contributed by atoms with Crippen molar-refractivity contribution in [2.24, 2.45) is 0 Å². The number of nitrogens with one attached hydrogen (secondary N) is 2. The summed E-state index contributed by atoms with van der Waals surface area (Å²) < 4.78 is 0. The van der Waals surface area contributed by atoms with Crippen molar-refractivity contribution in [3.8, 4) is 0 Å². The third-order valence-electron chi connectivity index (χ3n) is 1.39. The van der Waals surface area contributed by atoms with Crippen molar-refractivity contribution in [2.75, 3.05) is 13.7 Å². The highest BCUT2D eigenvalue weighted by atomic mass is 15.1. The van der Waals surface area contributed by atoms with Gasteiger partial charge in [-0.15, -0.1) is 0 Å². The summed E-state index contributed by atoms with van der Waals surface area (Å²) in [6.45, 7) is 4.89. The summed E-state index contributed by atoms with van der Waals surface area (Å²) in [5.41, 5.74) is 0. The first-order chi connectivity index (χ1) is 4.18. The second-order valence-electron chi connectivity index (χ2n) is 2.38. The van der Waals surface area contributed by atoms with Crippen molar-refractivity contribution < 1.29 is 0 Å². The molecule has 0 saturated heterocycles. The van der Waals surface area contributed by atoms with Crippen LogP contribution in [-0.2, 0) is 0 Å². The lowest BCUT2D eigenvalue weighted by Crippen LogP contribution is -2.35. The van der Waals surface area contributed by atoms with Gasteiger partial charge in [0, 0.05) is 6.67 Å². The van der Waals surface area contributed by atoms with E-state index in [1.54, 1.807) is 0 Å². The molecule has 0 amide bonds. The zero-order chi connectivity index (χ0) is 7.28. The highest BCUT2D eigenvalue weighted by Crippen LogP contribution is 2.01. The minimum absolute atomic E-state index is 0.221. The molecule has 9 heavy (non-hydrogen) atoms. The summed E-state index contributed by atoms with van der Waals surface area (Å²) in [6, 6.07) is 0.387. The van der Waals surface area contributed by atoms with Crippen LogP contribution in [0.1, 0.15) is 13.8 Å². The molecule has 0 heterocycles. The first-order valence-corrected chi connectivity index (χ1v) is 3.32. The van der Waals surface area contributed by atoms with Gasteiger partial charge in [0.05, 0.1) is 7.85 Å². The molecule has 1 unspecified atom stereocenters. The van der Waals surface area contributed by atoms with E-state index in [0.29, 0.717) is 6.04 Å². The average molecular weight is 126 g/mol. The van der Waals surface area contributed by atoms with E-state index in [2.05, 4.69) is 17.6 Å². The Morgan fingerprint density at radius 1 is 1.44 bits per heavy atom. The summed E-state index contributed by atoms with van der Waals surface area (Å²) in [5, 5.41) is 6.18. The van der Waals surface area contributed by atoms with Crippen LogP contribution in [0.2, 0.25) is 5.82 Å². The Hall–Kier alpha value is -0.0151. The maximum Gasteiger partial charge on any atom is 0.0716 e. The lowest BCUT2D eigenvalue weighted by molar-refractivity contribution is 0.513. The highest BCUT2D eigenvalue weighted by molar-refractivity contribution is 6.11. The summed E-state index contributed by atoms with van der Waals surface area (Å²) in [4.78, 5) is 0. The van der Waals surface area contributed by atoms with Gasteiger partial charge in [0.15, 0.2) is 0 Å². The van der Waals surface area contributed by atoms with Crippen molar-refractivity contribution >= 4 is 7.85 Å². The van der Waals surface area contributed by atoms with Gasteiger partial charge in [-0.1, -0.05) is 19.7 Å². The van der Waals surface area contributed by atoms with Gasteiger partial charge in [-0.05, 0) is 13.1 Å². The standard InChI is InChI=1S/C6H15BN2/c1-5(7)6(2)9-4-8-3/h5-6,8-9H,4H2,1-3H3/t5-,6?/m0/s1. The van der Waals surface area contributed by atoms with E-state index in [4.69, 9.17) is 7.85 Å². The van der Waals surface area contributed by atoms with Crippen molar-refractivity contribution in [2.45, 2.75) is 25.7 Å². The fourth-order valence-corrected chi connectivity index (χ4v) is 0.449. The van der Waals surface area contributed by atoms with Crippen LogP contribution in [0.25, 0.3) is 0 Å². The number of hydrogen-bond donors (Lipinski definition) is 2. The molecule has 2 radical (unpaired) electrons. The lowest BCUT2D eigenvalue weighted by Gasteiger charge is -2.16. The Kier molecular flexibility index (Phi) is 4.82. The molecule has 0 aromatic carbocycles. The molecule has 0 rings (SSSR count). The molecule has 2 atom stereocenters. The van der Waals surface area contributed by atoms with Crippen molar-refractivity contribution in [3.05, 3.63) is 0 Å². The maximum absolute atomic E-state index is 5.59. The molecule has 0 aromatic rings. The van der Waals surface area contributed by atoms with Gasteiger partial charge in [-0.3, -0.25) is 0 Å². The van der Waals surface area contributed by atoms with Crippen LogP contribution in [-0.4, -0.2) is 27.6 Å². The van der Waals surface area contributed by atoms with Gasteiger partial charge in [0.25, 0.3) is 0 Å². The molecule has 0 aliphatic carbocycles. The molecule has 2 nitrogen and oxygen atoms in total. The molecular formula is C6H15BN2. The van der Waals surface area contributed by atoms with Gasteiger partial charge in [-0.2, -0.15) is 0 Å². The minimum Gasteiger partial charge on any atom is -0.308 e. The minimum atomic E-state index is 0.221. The molecule has 0 aliphatic rings. The smallest absolute Gasteiger partial charge is 0.0716 e. The quantitative estimate of drug-likeness (QED) is 0.413. The predicted molar refractivity (Wildman–Crippen MR) is 41.7 cm³/mol. The molecule has 0 fully saturated rings. The molecule has 52 valence electrons. The van der Waals surface area contributed by atoms with E-state index in [0.717, 1.165) is 6.67 Å². The van der Waals surface area contributed by atoms with E-state index in [1.165, 1.54) is 0 Å². The molecule has 2 N–H and O–H groups in total. The van der Waals surface area contributed by atoms with Gasteiger partial charge < -0.3 is 10.6 Å². The van der Waals surface area contributed by atoms with E-state index >= 15 is 0 Å². The van der Waals surface area contributed by atoms with E-state index in [1.807, 2.05) is 14.0 Å². The lowest BCUT2D eigenvalue weighted by atomic mass is 9.84. The van der Waals surface area contributed by atoms with Crippen molar-refractivity contribution in [1.29, 1.82) is 0 Å². The Balaban J connectivity index is 3.16. The van der Waals surface area contributed by atoms with Crippen LogP contribution in [0, 0.1) is 0 Å². The van der Waals surface area contributed by atoms with Crippen LogP contribution >= 0.6 is 0 Å². The SMILES string of the molecule is [B][C@@H](C)C(C)NCNC. The highest BCUT2D eigenvalue weighted by Gasteiger charge is 2.02. The normalized spacial score (nSPS) is 17.2. The maximum atomic E-state index is 5.59. The third-order valence-corrected chi connectivity index (χ3v) is 1.39. The van der Waals surface area contributed by atoms with E-state index < -0.39 is 0 Å². The molecular weight excluding hydrogens is 111 g/mol. The number of rotatable bonds is 4. The zero-order valence-corrected chi connectivity index (χ0v) is 6.44. The van der Waals surface area contributed by atoms with E-state index in [9.17, 15) is 0 Å². The Morgan fingerprint density at radius 2 is 2.00 bits per heavy atom. The Bertz CT molecular complexity index is 66.1. The van der Waals surface area contributed by atoms with Gasteiger partial charge in [0.2, 0.25) is 0 Å². The van der Waals surface area contributed by atoms with Gasteiger partial charge in [0.1, 0.15) is 0 Å². The molecule has 0 spiro atoms. The third kappa shape index (κ3) is 4.49. The fraction of sp³-hybridized carbons (Fsp3) is 1.00. The van der Waals surface area contributed by atoms with E-state index in [-0.39, 0.29) is 5.82 Å². The summed E-state index contributed by atoms with van der Waals surface area (Å²) in [6.07, 6.45) is 0. The topological polar surface area (TPSA) is 24.1 Å². The summed E-state index contributed by atoms with van der Waals surface area (Å²) in [5.74, 6) is 0.221. The second kappa shape index (κ2) is 4.83. The van der Waals surface area contributed by atoms with Crippen LogP contribution in [0.3, 0.4) is 0 Å². The van der Waals surface area contributed by atoms with Gasteiger partial charge in [-0.25, -0.2) is 0 Å². The molecule has 3 heteroatoms. The average Bonchev–Trinajstić information content (AvgIpc) is 1.82. The van der Waals surface area contributed by atoms with Crippen LogP contribution < -0.4 is 10.6 Å². The summed E-state index contributed by atoms with van der Waals surface area (Å²) in [7, 11) is 7.49. The first kappa shape index (κ1) is 8.98. The number of hydrogen-bond acceptors (Lipinski definition) is 2. The van der Waals surface area contributed by atoms with Crippen molar-refractivity contribution in [3.63, 3.8) is 0 Å². The molecule has 0 aliphatic heterocycles. The second-order valence-corrected chi connectivity index (χ2v) is 2.38. The largest absolute Gasteiger partial charge is 0.308 e. The summed E-state index contributed by atoms with van der Waals surface area (Å²) >= 11 is 0. The Morgan fingerprint density at radius 3 is 2.33 bits per heavy atom. The predicted octanol–water partition coefficient (Wildman–Crippen LogP) is 0.118. The fourth-order valence-electron chi connectivity index (χ4n) is 0.449. The van der Waals surface area contributed by atoms with Crippen molar-refractivity contribution in [1.82, 2.24) is 10.6 Å². The monoisotopic (exact) mass is 126 g/mol.